The zero-order valence-electron chi connectivity index (χ0n) is 18.9. The van der Waals surface area contributed by atoms with Gasteiger partial charge in [-0.05, 0) is 81.4 Å². The lowest BCUT2D eigenvalue weighted by Gasteiger charge is -2.55. The van der Waals surface area contributed by atoms with Gasteiger partial charge in [0.15, 0.2) is 4.87 Å². The van der Waals surface area contributed by atoms with Crippen LogP contribution >= 0.6 is 27.7 Å². The summed E-state index contributed by atoms with van der Waals surface area (Å²) in [5, 5.41) is 2.91. The number of amides is 2. The van der Waals surface area contributed by atoms with Gasteiger partial charge in [0, 0.05) is 17.1 Å². The zero-order valence-corrected chi connectivity index (χ0v) is 21.3. The Morgan fingerprint density at radius 3 is 2.42 bits per heavy atom. The van der Waals surface area contributed by atoms with Gasteiger partial charge in [-0.2, -0.15) is 0 Å². The zero-order chi connectivity index (χ0) is 23.4. The molecule has 4 bridgehead atoms. The molecule has 0 saturated heterocycles. The SMILES string of the molecule is CCOC(=O)CS[C@@]1(NC(=O)OC23CC4CC(CC(C4)C2)C3)C(=O)N(C)c2ccc(Br)cc21. The number of ether oxygens (including phenoxy) is 2. The molecule has 1 atom stereocenters. The molecular weight excluding hydrogens is 508 g/mol. The number of anilines is 1. The van der Waals surface area contributed by atoms with E-state index in [0.717, 1.165) is 35.5 Å². The molecule has 1 aromatic carbocycles. The maximum absolute atomic E-state index is 13.5. The first-order valence-corrected chi connectivity index (χ1v) is 13.4. The molecule has 4 fully saturated rings. The molecule has 0 aromatic heterocycles. The van der Waals surface area contributed by atoms with Crippen molar-refractivity contribution in [3.63, 3.8) is 0 Å². The minimum absolute atomic E-state index is 0.0724. The lowest BCUT2D eigenvalue weighted by atomic mass is 9.54. The van der Waals surface area contributed by atoms with Crippen LogP contribution in [0, 0.1) is 17.8 Å². The highest BCUT2D eigenvalue weighted by atomic mass is 79.9. The second kappa shape index (κ2) is 8.48. The fourth-order valence-electron chi connectivity index (χ4n) is 6.73. The minimum atomic E-state index is -1.46. The smallest absolute Gasteiger partial charge is 0.409 e. The topological polar surface area (TPSA) is 84.9 Å². The molecule has 1 heterocycles. The molecule has 178 valence electrons. The van der Waals surface area contributed by atoms with E-state index in [4.69, 9.17) is 9.47 Å². The summed E-state index contributed by atoms with van der Waals surface area (Å²) in [5.41, 5.74) is 0.884. The fraction of sp³-hybridized carbons (Fsp3) is 0.625. The molecule has 9 heteroatoms. The Balaban J connectivity index is 1.42. The lowest BCUT2D eigenvalue weighted by molar-refractivity contribution is -0.139. The van der Waals surface area contributed by atoms with Crippen molar-refractivity contribution in [1.29, 1.82) is 0 Å². The van der Waals surface area contributed by atoms with E-state index in [-0.39, 0.29) is 18.3 Å². The Morgan fingerprint density at radius 2 is 1.82 bits per heavy atom. The van der Waals surface area contributed by atoms with Gasteiger partial charge < -0.3 is 14.4 Å². The number of benzene rings is 1. The quantitative estimate of drug-likeness (QED) is 0.423. The Hall–Kier alpha value is -1.74. The number of fused-ring (bicyclic) bond motifs is 1. The Bertz CT molecular complexity index is 966. The summed E-state index contributed by atoms with van der Waals surface area (Å²) < 4.78 is 12.0. The highest BCUT2D eigenvalue weighted by Gasteiger charge is 2.56. The molecule has 2 amide bonds. The molecule has 0 spiro atoms. The van der Waals surface area contributed by atoms with Crippen molar-refractivity contribution in [3.05, 3.63) is 28.2 Å². The van der Waals surface area contributed by atoms with Crippen molar-refractivity contribution in [2.75, 3.05) is 24.3 Å². The molecule has 7 nitrogen and oxygen atoms in total. The predicted molar refractivity (Wildman–Crippen MR) is 129 cm³/mol. The molecule has 0 radical (unpaired) electrons. The van der Waals surface area contributed by atoms with E-state index in [1.807, 2.05) is 18.2 Å². The summed E-state index contributed by atoms with van der Waals surface area (Å²) in [4.78, 5) is 39.1. The molecule has 4 aliphatic carbocycles. The fourth-order valence-corrected chi connectivity index (χ4v) is 8.25. The van der Waals surface area contributed by atoms with Crippen LogP contribution in [-0.4, -0.2) is 43.0 Å². The van der Waals surface area contributed by atoms with Gasteiger partial charge in [0.1, 0.15) is 5.60 Å². The number of thioether (sulfide) groups is 1. The van der Waals surface area contributed by atoms with Crippen LogP contribution in [0.15, 0.2) is 22.7 Å². The van der Waals surface area contributed by atoms with E-state index >= 15 is 0 Å². The third kappa shape index (κ3) is 4.05. The van der Waals surface area contributed by atoms with Crippen molar-refractivity contribution < 1.29 is 23.9 Å². The highest BCUT2D eigenvalue weighted by Crippen LogP contribution is 2.57. The van der Waals surface area contributed by atoms with Crippen molar-refractivity contribution in [1.82, 2.24) is 5.32 Å². The second-order valence-electron chi connectivity index (χ2n) is 9.92. The number of rotatable bonds is 6. The Labute approximate surface area is 206 Å². The van der Waals surface area contributed by atoms with Crippen molar-refractivity contribution in [2.45, 2.75) is 55.9 Å². The molecule has 1 aliphatic heterocycles. The number of hydrogen-bond donors (Lipinski definition) is 1. The first-order chi connectivity index (χ1) is 15.7. The number of esters is 1. The van der Waals surface area contributed by atoms with Crippen molar-refractivity contribution >= 4 is 51.3 Å². The lowest BCUT2D eigenvalue weighted by Crippen LogP contribution is -2.56. The first kappa shape index (κ1) is 23.0. The number of likely N-dealkylation sites (N-methyl/N-ethyl adjacent to an activating group) is 1. The third-order valence-electron chi connectivity index (χ3n) is 7.59. The van der Waals surface area contributed by atoms with E-state index < -0.39 is 22.5 Å². The number of nitrogens with zero attached hydrogens (tertiary/aromatic N) is 1. The summed E-state index contributed by atoms with van der Waals surface area (Å²) >= 11 is 4.54. The van der Waals surface area contributed by atoms with Gasteiger partial charge in [0.25, 0.3) is 5.91 Å². The third-order valence-corrected chi connectivity index (χ3v) is 9.39. The van der Waals surface area contributed by atoms with E-state index in [9.17, 15) is 14.4 Å². The molecule has 5 aliphatic rings. The maximum Gasteiger partial charge on any atom is 0.409 e. The molecule has 1 aromatic rings. The predicted octanol–water partition coefficient (Wildman–Crippen LogP) is 4.57. The van der Waals surface area contributed by atoms with Crippen LogP contribution in [0.4, 0.5) is 10.5 Å². The van der Waals surface area contributed by atoms with E-state index in [1.54, 1.807) is 14.0 Å². The van der Waals surface area contributed by atoms with Gasteiger partial charge in [0.2, 0.25) is 0 Å². The minimum Gasteiger partial charge on any atom is -0.465 e. The highest BCUT2D eigenvalue weighted by molar-refractivity contribution is 9.10. The van der Waals surface area contributed by atoms with Crippen molar-refractivity contribution in [2.24, 2.45) is 17.8 Å². The average molecular weight is 537 g/mol. The van der Waals surface area contributed by atoms with Crippen LogP contribution in [0.5, 0.6) is 0 Å². The molecule has 0 unspecified atom stereocenters. The van der Waals surface area contributed by atoms with Crippen LogP contribution < -0.4 is 10.2 Å². The maximum atomic E-state index is 13.5. The Kier molecular flexibility index (Phi) is 5.92. The van der Waals surface area contributed by atoms with Crippen LogP contribution in [0.1, 0.15) is 51.0 Å². The van der Waals surface area contributed by atoms with Crippen molar-refractivity contribution in [3.8, 4) is 0 Å². The normalized spacial score (nSPS) is 33.7. The van der Waals surface area contributed by atoms with Crippen LogP contribution in [0.3, 0.4) is 0 Å². The van der Waals surface area contributed by atoms with E-state index in [0.29, 0.717) is 29.0 Å². The van der Waals surface area contributed by atoms with Gasteiger partial charge >= 0.3 is 12.1 Å². The van der Waals surface area contributed by atoms with Crippen LogP contribution in [-0.2, 0) is 23.9 Å². The van der Waals surface area contributed by atoms with Gasteiger partial charge in [-0.15, -0.1) is 11.8 Å². The average Bonchev–Trinajstić information content (AvgIpc) is 2.93. The first-order valence-electron chi connectivity index (χ1n) is 11.6. The summed E-state index contributed by atoms with van der Waals surface area (Å²) in [5.74, 6) is 1.08. The number of halogens is 1. The largest absolute Gasteiger partial charge is 0.465 e. The number of alkyl carbamates (subject to hydrolysis) is 1. The summed E-state index contributed by atoms with van der Waals surface area (Å²) in [7, 11) is 1.67. The number of nitrogens with one attached hydrogen (secondary N) is 1. The van der Waals surface area contributed by atoms with Gasteiger partial charge in [-0.3, -0.25) is 14.9 Å². The van der Waals surface area contributed by atoms with Crippen LogP contribution in [0.2, 0.25) is 0 Å². The molecular formula is C24H29BrN2O5S. The monoisotopic (exact) mass is 536 g/mol. The van der Waals surface area contributed by atoms with Gasteiger partial charge in [0.05, 0.1) is 18.0 Å². The Morgan fingerprint density at radius 1 is 1.18 bits per heavy atom. The van der Waals surface area contributed by atoms with Gasteiger partial charge in [-0.1, -0.05) is 15.9 Å². The molecule has 33 heavy (non-hydrogen) atoms. The molecule has 6 rings (SSSR count). The summed E-state index contributed by atoms with van der Waals surface area (Å²) in [6.07, 6.45) is 5.86. The number of hydrogen-bond acceptors (Lipinski definition) is 6. The van der Waals surface area contributed by atoms with Gasteiger partial charge in [-0.25, -0.2) is 4.79 Å². The molecule has 4 saturated carbocycles. The summed E-state index contributed by atoms with van der Waals surface area (Å²) in [6.45, 7) is 1.99. The van der Waals surface area contributed by atoms with E-state index in [1.165, 1.54) is 24.2 Å². The summed E-state index contributed by atoms with van der Waals surface area (Å²) in [6, 6.07) is 5.50. The van der Waals surface area contributed by atoms with E-state index in [2.05, 4.69) is 21.2 Å². The number of carbonyl (C=O) groups is 3. The standard InChI is InChI=1S/C24H29BrN2O5S/c1-3-31-20(28)13-33-24(18-9-17(25)4-5-19(18)27(2)21(24)29)26-22(30)32-23-10-14-6-15(11-23)8-16(7-14)12-23/h4-5,9,14-16H,3,6-8,10-13H2,1-2H3,(H,26,30)/t14?,15?,16?,23?,24-/m1/s1. The number of carbonyl (C=O) groups excluding carboxylic acids is 3. The second-order valence-corrected chi connectivity index (χ2v) is 12.0. The van der Waals surface area contributed by atoms with Crippen LogP contribution in [0.25, 0.3) is 0 Å². The molecule has 1 N–H and O–H groups in total.